The molecule has 0 aromatic heterocycles. The molecule has 0 heterocycles. The van der Waals surface area contributed by atoms with Crippen LogP contribution < -0.4 is 10.5 Å². The molecule has 0 aliphatic heterocycles. The number of methoxy groups -OCH3 is 1. The van der Waals surface area contributed by atoms with Crippen molar-refractivity contribution in [2.24, 2.45) is 5.73 Å². The van der Waals surface area contributed by atoms with Gasteiger partial charge in [-0.25, -0.2) is 0 Å². The molecule has 4 nitrogen and oxygen atoms in total. The molecule has 0 amide bonds. The molecular weight excluding hydrogens is 262 g/mol. The minimum absolute atomic E-state index is 0.474. The second kappa shape index (κ2) is 6.82. The zero-order valence-corrected chi connectivity index (χ0v) is 12.4. The number of aliphatic carboxylic acids is 1. The van der Waals surface area contributed by atoms with Crippen molar-refractivity contribution in [3.05, 3.63) is 29.8 Å². The van der Waals surface area contributed by atoms with E-state index < -0.39 is 16.8 Å². The van der Waals surface area contributed by atoms with Crippen LogP contribution in [0.1, 0.15) is 19.4 Å². The molecule has 0 saturated carbocycles. The lowest BCUT2D eigenvalue weighted by atomic mass is 10.1. The Morgan fingerprint density at radius 1 is 1.42 bits per heavy atom. The molecule has 19 heavy (non-hydrogen) atoms. The molecule has 0 unspecified atom stereocenters. The monoisotopic (exact) mass is 283 g/mol. The zero-order chi connectivity index (χ0) is 14.5. The third-order valence-electron chi connectivity index (χ3n) is 3.04. The highest BCUT2D eigenvalue weighted by Gasteiger charge is 2.32. The van der Waals surface area contributed by atoms with Crippen LogP contribution in [0.25, 0.3) is 0 Å². The van der Waals surface area contributed by atoms with Gasteiger partial charge in [0, 0.05) is 4.75 Å². The van der Waals surface area contributed by atoms with Crippen molar-refractivity contribution in [2.75, 3.05) is 12.9 Å². The van der Waals surface area contributed by atoms with Crippen molar-refractivity contribution in [3.8, 4) is 5.75 Å². The average Bonchev–Trinajstić information content (AvgIpc) is 2.38. The Bertz CT molecular complexity index is 417. The number of carbonyl (C=O) groups is 1. The molecule has 0 spiro atoms. The van der Waals surface area contributed by atoms with Gasteiger partial charge >= 0.3 is 5.97 Å². The third kappa shape index (κ3) is 4.76. The predicted octanol–water partition coefficient (Wildman–Crippen LogP) is 2.16. The quantitative estimate of drug-likeness (QED) is 0.802. The molecule has 0 aliphatic rings. The molecule has 106 valence electrons. The molecule has 0 radical (unpaired) electrons. The van der Waals surface area contributed by atoms with E-state index in [9.17, 15) is 4.79 Å². The van der Waals surface area contributed by atoms with Crippen LogP contribution in [0.4, 0.5) is 0 Å². The number of hydrogen-bond donors (Lipinski definition) is 2. The maximum absolute atomic E-state index is 10.9. The lowest BCUT2D eigenvalue weighted by Gasteiger charge is -2.27. The Kier molecular flexibility index (Phi) is 5.69. The maximum atomic E-state index is 10.9. The van der Waals surface area contributed by atoms with Crippen LogP contribution in [0.2, 0.25) is 0 Å². The van der Waals surface area contributed by atoms with Gasteiger partial charge in [-0.15, -0.1) is 0 Å². The van der Waals surface area contributed by atoms with E-state index in [0.717, 1.165) is 17.9 Å². The van der Waals surface area contributed by atoms with Crippen LogP contribution in [0.3, 0.4) is 0 Å². The van der Waals surface area contributed by atoms with Crippen molar-refractivity contribution >= 4 is 17.7 Å². The summed E-state index contributed by atoms with van der Waals surface area (Å²) >= 11 is 1.58. The van der Waals surface area contributed by atoms with E-state index in [4.69, 9.17) is 15.6 Å². The van der Waals surface area contributed by atoms with Gasteiger partial charge < -0.3 is 15.6 Å². The van der Waals surface area contributed by atoms with E-state index in [-0.39, 0.29) is 0 Å². The van der Waals surface area contributed by atoms with Crippen molar-refractivity contribution < 1.29 is 14.6 Å². The largest absolute Gasteiger partial charge is 0.497 e. The second-order valence-corrected chi connectivity index (χ2v) is 6.62. The highest BCUT2D eigenvalue weighted by atomic mass is 32.2. The highest BCUT2D eigenvalue weighted by molar-refractivity contribution is 8.00. The smallest absolute Gasteiger partial charge is 0.321 e. The Morgan fingerprint density at radius 2 is 2.00 bits per heavy atom. The summed E-state index contributed by atoms with van der Waals surface area (Å²) in [7, 11) is 1.64. The highest BCUT2D eigenvalue weighted by Crippen LogP contribution is 2.28. The Balaban J connectivity index is 2.46. The fraction of sp³-hybridized carbons (Fsp3) is 0.500. The van der Waals surface area contributed by atoms with Gasteiger partial charge in [0.2, 0.25) is 0 Å². The summed E-state index contributed by atoms with van der Waals surface area (Å²) in [4.78, 5) is 10.9. The normalized spacial score (nSPS) is 13.1. The summed E-state index contributed by atoms with van der Waals surface area (Å²) in [6.45, 7) is 3.73. The molecule has 0 fully saturated rings. The van der Waals surface area contributed by atoms with Crippen LogP contribution >= 0.6 is 11.8 Å². The van der Waals surface area contributed by atoms with E-state index in [1.54, 1.807) is 18.9 Å². The molecular formula is C14H21NO3S. The number of carboxylic acids is 1. The summed E-state index contributed by atoms with van der Waals surface area (Å²) in [6.07, 6.45) is 0.879. The SMILES string of the molecule is COc1ccc(CCSC(C)(C)[C@@H](N)C(=O)O)cc1. The van der Waals surface area contributed by atoms with Gasteiger partial charge in [-0.05, 0) is 43.7 Å². The van der Waals surface area contributed by atoms with Crippen molar-refractivity contribution in [1.82, 2.24) is 0 Å². The number of carboxylic acid groups (broad SMARTS) is 1. The van der Waals surface area contributed by atoms with Crippen LogP contribution in [0.5, 0.6) is 5.75 Å². The first-order valence-corrected chi connectivity index (χ1v) is 7.10. The lowest BCUT2D eigenvalue weighted by molar-refractivity contribution is -0.139. The molecule has 1 rings (SSSR count). The fourth-order valence-electron chi connectivity index (χ4n) is 1.61. The molecule has 1 atom stereocenters. The summed E-state index contributed by atoms with van der Waals surface area (Å²) in [6, 6.07) is 7.03. The summed E-state index contributed by atoms with van der Waals surface area (Å²) in [5.74, 6) is 0.715. The summed E-state index contributed by atoms with van der Waals surface area (Å²) in [5.41, 5.74) is 6.88. The minimum atomic E-state index is -0.957. The number of rotatable bonds is 7. The van der Waals surface area contributed by atoms with E-state index in [0.29, 0.717) is 0 Å². The van der Waals surface area contributed by atoms with E-state index >= 15 is 0 Å². The average molecular weight is 283 g/mol. The lowest BCUT2D eigenvalue weighted by Crippen LogP contribution is -2.46. The summed E-state index contributed by atoms with van der Waals surface area (Å²) in [5, 5.41) is 8.94. The van der Waals surface area contributed by atoms with Crippen LogP contribution in [-0.2, 0) is 11.2 Å². The topological polar surface area (TPSA) is 72.5 Å². The van der Waals surface area contributed by atoms with E-state index in [1.165, 1.54) is 5.56 Å². The number of aryl methyl sites for hydroxylation is 1. The Morgan fingerprint density at radius 3 is 2.47 bits per heavy atom. The fourth-order valence-corrected chi connectivity index (χ4v) is 2.76. The minimum Gasteiger partial charge on any atom is -0.497 e. The predicted molar refractivity (Wildman–Crippen MR) is 78.8 cm³/mol. The number of nitrogens with two attached hydrogens (primary N) is 1. The summed E-state index contributed by atoms with van der Waals surface area (Å²) < 4.78 is 4.62. The molecule has 1 aromatic carbocycles. The maximum Gasteiger partial charge on any atom is 0.321 e. The van der Waals surface area contributed by atoms with Gasteiger partial charge in [-0.3, -0.25) is 4.79 Å². The van der Waals surface area contributed by atoms with E-state index in [2.05, 4.69) is 0 Å². The Hall–Kier alpha value is -1.20. The van der Waals surface area contributed by atoms with Gasteiger partial charge in [0.05, 0.1) is 7.11 Å². The van der Waals surface area contributed by atoms with Crippen LogP contribution in [0, 0.1) is 0 Å². The van der Waals surface area contributed by atoms with E-state index in [1.807, 2.05) is 38.1 Å². The number of benzene rings is 1. The van der Waals surface area contributed by atoms with Gasteiger partial charge in [0.25, 0.3) is 0 Å². The first-order chi connectivity index (χ1) is 8.86. The van der Waals surface area contributed by atoms with Gasteiger partial charge in [0.1, 0.15) is 11.8 Å². The Labute approximate surface area is 118 Å². The first-order valence-electron chi connectivity index (χ1n) is 6.12. The van der Waals surface area contributed by atoms with Crippen LogP contribution in [0.15, 0.2) is 24.3 Å². The standard InChI is InChI=1S/C14H21NO3S/c1-14(2,12(15)13(16)17)19-9-8-10-4-6-11(18-3)7-5-10/h4-7,12H,8-9,15H2,1-3H3,(H,16,17)/t12-/m0/s1. The molecule has 0 saturated heterocycles. The van der Waals surface area contributed by atoms with Crippen molar-refractivity contribution in [2.45, 2.75) is 31.1 Å². The molecule has 0 bridgehead atoms. The molecule has 5 heteroatoms. The molecule has 0 aliphatic carbocycles. The van der Waals surface area contributed by atoms with Crippen molar-refractivity contribution in [1.29, 1.82) is 0 Å². The number of hydrogen-bond acceptors (Lipinski definition) is 4. The van der Waals surface area contributed by atoms with Crippen LogP contribution in [-0.4, -0.2) is 34.7 Å². The van der Waals surface area contributed by atoms with Gasteiger partial charge in [0.15, 0.2) is 0 Å². The first kappa shape index (κ1) is 15.9. The second-order valence-electron chi connectivity index (χ2n) is 4.87. The number of thioether (sulfide) groups is 1. The third-order valence-corrected chi connectivity index (χ3v) is 4.45. The van der Waals surface area contributed by atoms with Crippen molar-refractivity contribution in [3.63, 3.8) is 0 Å². The molecule has 3 N–H and O–H groups in total. The zero-order valence-electron chi connectivity index (χ0n) is 11.6. The molecule has 1 aromatic rings. The number of ether oxygens (including phenoxy) is 1. The van der Waals surface area contributed by atoms with Gasteiger partial charge in [-0.1, -0.05) is 12.1 Å². The van der Waals surface area contributed by atoms with Gasteiger partial charge in [-0.2, -0.15) is 11.8 Å².